The highest BCUT2D eigenvalue weighted by atomic mass is 16.5. The second kappa shape index (κ2) is 11.6. The summed E-state index contributed by atoms with van der Waals surface area (Å²) in [5.74, 6) is 1.56. The van der Waals surface area contributed by atoms with Crippen LogP contribution in [0.3, 0.4) is 0 Å². The highest BCUT2D eigenvalue weighted by Crippen LogP contribution is 2.29. The lowest BCUT2D eigenvalue weighted by atomic mass is 9.97. The predicted octanol–water partition coefficient (Wildman–Crippen LogP) is 6.19. The van der Waals surface area contributed by atoms with Crippen molar-refractivity contribution in [3.8, 4) is 11.5 Å². The molecule has 0 aliphatic carbocycles. The van der Waals surface area contributed by atoms with Gasteiger partial charge >= 0.3 is 5.97 Å². The maximum Gasteiger partial charge on any atom is 0.333 e. The highest BCUT2D eigenvalue weighted by molar-refractivity contribution is 5.86. The molecule has 0 bridgehead atoms. The minimum absolute atomic E-state index is 0.332. The molecule has 31 heavy (non-hydrogen) atoms. The third-order valence-electron chi connectivity index (χ3n) is 5.02. The van der Waals surface area contributed by atoms with Crippen LogP contribution in [0.15, 0.2) is 36.4 Å². The highest BCUT2D eigenvalue weighted by Gasteiger charge is 2.11. The number of benzene rings is 2. The van der Waals surface area contributed by atoms with Crippen molar-refractivity contribution < 1.29 is 19.0 Å². The first kappa shape index (κ1) is 24.5. The number of hydrogen-bond donors (Lipinski definition) is 0. The van der Waals surface area contributed by atoms with E-state index in [1.165, 1.54) is 22.3 Å². The van der Waals surface area contributed by atoms with Crippen LogP contribution < -0.4 is 9.47 Å². The molecule has 0 amide bonds. The Morgan fingerprint density at radius 3 is 1.68 bits per heavy atom. The molecule has 0 aromatic heterocycles. The summed E-state index contributed by atoms with van der Waals surface area (Å²) in [6.07, 6.45) is 2.52. The maximum absolute atomic E-state index is 11.4. The molecular weight excluding hydrogens is 388 g/mol. The summed E-state index contributed by atoms with van der Waals surface area (Å²) in [6.45, 7) is 17.3. The molecule has 4 nitrogen and oxygen atoms in total. The molecule has 0 radical (unpaired) electrons. The number of carbonyl (C=O) groups is 1. The van der Waals surface area contributed by atoms with E-state index in [1.54, 1.807) is 6.92 Å². The predicted molar refractivity (Wildman–Crippen MR) is 126 cm³/mol. The van der Waals surface area contributed by atoms with Gasteiger partial charge < -0.3 is 14.2 Å². The van der Waals surface area contributed by atoms with E-state index in [1.807, 2.05) is 0 Å². The summed E-state index contributed by atoms with van der Waals surface area (Å²) in [7, 11) is 0. The Kier molecular flexibility index (Phi) is 9.17. The second-order valence-electron chi connectivity index (χ2n) is 8.26. The monoisotopic (exact) mass is 424 g/mol. The van der Waals surface area contributed by atoms with E-state index in [2.05, 4.69) is 65.5 Å². The zero-order valence-electron chi connectivity index (χ0n) is 19.9. The minimum Gasteiger partial charge on any atom is -0.493 e. The molecule has 0 saturated heterocycles. The first-order valence-electron chi connectivity index (χ1n) is 11.0. The van der Waals surface area contributed by atoms with E-state index in [4.69, 9.17) is 14.2 Å². The smallest absolute Gasteiger partial charge is 0.333 e. The van der Waals surface area contributed by atoms with E-state index >= 15 is 0 Å². The number of rotatable bonds is 11. The van der Waals surface area contributed by atoms with Gasteiger partial charge in [-0.15, -0.1) is 0 Å². The van der Waals surface area contributed by atoms with E-state index in [0.717, 1.165) is 42.1 Å². The van der Waals surface area contributed by atoms with Gasteiger partial charge in [-0.3, -0.25) is 0 Å². The van der Waals surface area contributed by atoms with Crippen LogP contribution in [-0.4, -0.2) is 25.8 Å². The van der Waals surface area contributed by atoms with Gasteiger partial charge in [0.25, 0.3) is 0 Å². The van der Waals surface area contributed by atoms with E-state index in [9.17, 15) is 4.79 Å². The SMILES string of the molecule is C=C(C)C(=O)OCCCOc1c(C)cc(Cc2cc(C)c(OCCC)c(C)c2)cc1C. The van der Waals surface area contributed by atoms with Crippen LogP contribution in [0.5, 0.6) is 11.5 Å². The molecule has 0 heterocycles. The first-order valence-corrected chi connectivity index (χ1v) is 11.0. The van der Waals surface area contributed by atoms with E-state index < -0.39 is 0 Å². The Morgan fingerprint density at radius 2 is 1.26 bits per heavy atom. The zero-order chi connectivity index (χ0) is 23.0. The van der Waals surface area contributed by atoms with Crippen molar-refractivity contribution in [1.29, 1.82) is 0 Å². The normalized spacial score (nSPS) is 10.6. The van der Waals surface area contributed by atoms with Crippen LogP contribution >= 0.6 is 0 Å². The quantitative estimate of drug-likeness (QED) is 0.245. The number of hydrogen-bond acceptors (Lipinski definition) is 4. The fourth-order valence-corrected chi connectivity index (χ4v) is 3.70. The summed E-state index contributed by atoms with van der Waals surface area (Å²) in [4.78, 5) is 11.4. The van der Waals surface area contributed by atoms with Crippen LogP contribution in [0.2, 0.25) is 0 Å². The molecule has 0 aliphatic rings. The van der Waals surface area contributed by atoms with Gasteiger partial charge in [0, 0.05) is 12.0 Å². The maximum atomic E-state index is 11.4. The lowest BCUT2D eigenvalue weighted by Crippen LogP contribution is -2.10. The number of aryl methyl sites for hydroxylation is 4. The van der Waals surface area contributed by atoms with Gasteiger partial charge in [0.05, 0.1) is 19.8 Å². The minimum atomic E-state index is -0.354. The van der Waals surface area contributed by atoms with Crippen LogP contribution in [0.1, 0.15) is 60.1 Å². The largest absolute Gasteiger partial charge is 0.493 e. The van der Waals surface area contributed by atoms with Crippen LogP contribution in [-0.2, 0) is 16.0 Å². The third kappa shape index (κ3) is 7.16. The molecule has 0 unspecified atom stereocenters. The number of esters is 1. The van der Waals surface area contributed by atoms with Gasteiger partial charge in [-0.25, -0.2) is 4.79 Å². The number of carbonyl (C=O) groups excluding carboxylic acids is 1. The third-order valence-corrected chi connectivity index (χ3v) is 5.02. The Hall–Kier alpha value is -2.75. The van der Waals surface area contributed by atoms with Crippen molar-refractivity contribution in [3.05, 3.63) is 69.8 Å². The molecular formula is C27H36O4. The summed E-state index contributed by atoms with van der Waals surface area (Å²) < 4.78 is 17.0. The molecule has 4 heteroatoms. The lowest BCUT2D eigenvalue weighted by molar-refractivity contribution is -0.139. The number of ether oxygens (including phenoxy) is 3. The van der Waals surface area contributed by atoms with Gasteiger partial charge in [0.2, 0.25) is 0 Å². The molecule has 2 aromatic carbocycles. The fourth-order valence-electron chi connectivity index (χ4n) is 3.70. The van der Waals surface area contributed by atoms with Gasteiger partial charge in [-0.2, -0.15) is 0 Å². The Labute approximate surface area is 187 Å². The van der Waals surface area contributed by atoms with Crippen molar-refractivity contribution in [2.45, 2.75) is 60.8 Å². The summed E-state index contributed by atoms with van der Waals surface area (Å²) in [5, 5.41) is 0. The van der Waals surface area contributed by atoms with Gasteiger partial charge in [-0.05, 0) is 80.8 Å². The Bertz CT molecular complexity index is 881. The van der Waals surface area contributed by atoms with Crippen molar-refractivity contribution in [2.24, 2.45) is 0 Å². The summed E-state index contributed by atoms with van der Waals surface area (Å²) in [6, 6.07) is 8.82. The average Bonchev–Trinajstić information content (AvgIpc) is 2.68. The Balaban J connectivity index is 2.00. The fraction of sp³-hybridized carbons (Fsp3) is 0.444. The zero-order valence-corrected chi connectivity index (χ0v) is 19.9. The van der Waals surface area contributed by atoms with Gasteiger partial charge in [0.15, 0.2) is 0 Å². The molecule has 2 aromatic rings. The van der Waals surface area contributed by atoms with Crippen molar-refractivity contribution in [2.75, 3.05) is 19.8 Å². The van der Waals surface area contributed by atoms with Crippen molar-refractivity contribution >= 4 is 5.97 Å². The Morgan fingerprint density at radius 1 is 0.806 bits per heavy atom. The molecule has 168 valence electrons. The molecule has 2 rings (SSSR count). The summed E-state index contributed by atoms with van der Waals surface area (Å²) in [5.41, 5.74) is 7.56. The lowest BCUT2D eigenvalue weighted by Gasteiger charge is -2.16. The first-order chi connectivity index (χ1) is 14.7. The standard InChI is InChI=1S/C27H36O4/c1-8-10-29-25-19(4)13-23(14-20(25)5)17-24-15-21(6)26(22(7)16-24)30-11-9-12-31-27(28)18(2)3/h13-16H,2,8-12,17H2,1,3-7H3. The van der Waals surface area contributed by atoms with Crippen LogP contribution in [0.4, 0.5) is 0 Å². The molecule has 0 N–H and O–H groups in total. The molecule has 0 atom stereocenters. The molecule has 0 spiro atoms. The van der Waals surface area contributed by atoms with Crippen molar-refractivity contribution in [3.63, 3.8) is 0 Å². The van der Waals surface area contributed by atoms with Gasteiger partial charge in [-0.1, -0.05) is 37.8 Å². The van der Waals surface area contributed by atoms with Gasteiger partial charge in [0.1, 0.15) is 11.5 Å². The molecule has 0 saturated carbocycles. The van der Waals surface area contributed by atoms with Crippen LogP contribution in [0, 0.1) is 27.7 Å². The molecule has 0 aliphatic heterocycles. The summed E-state index contributed by atoms with van der Waals surface area (Å²) >= 11 is 0. The molecule has 0 fully saturated rings. The van der Waals surface area contributed by atoms with Crippen molar-refractivity contribution in [1.82, 2.24) is 0 Å². The van der Waals surface area contributed by atoms with E-state index in [-0.39, 0.29) is 5.97 Å². The van der Waals surface area contributed by atoms with Crippen LogP contribution in [0.25, 0.3) is 0 Å². The average molecular weight is 425 g/mol. The second-order valence-corrected chi connectivity index (χ2v) is 8.26. The van der Waals surface area contributed by atoms with E-state index in [0.29, 0.717) is 25.2 Å². The topological polar surface area (TPSA) is 44.8 Å².